The van der Waals surface area contributed by atoms with Crippen LogP contribution in [0.15, 0.2) is 38.9 Å². The molecule has 1 aromatic carbocycles. The zero-order valence-corrected chi connectivity index (χ0v) is 15.2. The van der Waals surface area contributed by atoms with Gasteiger partial charge in [-0.2, -0.15) is 0 Å². The van der Waals surface area contributed by atoms with Crippen molar-refractivity contribution in [1.82, 2.24) is 15.1 Å². The Kier molecular flexibility index (Phi) is 5.19. The highest BCUT2D eigenvalue weighted by Crippen LogP contribution is 2.24. The van der Waals surface area contributed by atoms with Crippen molar-refractivity contribution in [3.05, 3.63) is 40.7 Å². The topological polar surface area (TPSA) is 88.7 Å². The van der Waals surface area contributed by atoms with Crippen LogP contribution in [0.1, 0.15) is 18.4 Å². The normalized spacial score (nSPS) is 17.8. The monoisotopic (exact) mass is 378 g/mol. The zero-order chi connectivity index (χ0) is 18.0. The molecular weight excluding hydrogens is 364 g/mol. The van der Waals surface area contributed by atoms with E-state index in [1.165, 1.54) is 18.8 Å². The first-order valence-electron chi connectivity index (χ1n) is 7.50. The first-order chi connectivity index (χ1) is 11.9. The van der Waals surface area contributed by atoms with Crippen molar-refractivity contribution in [2.45, 2.75) is 24.3 Å². The molecule has 1 aliphatic rings. The number of hydrogen-bond acceptors (Lipinski definition) is 6. The van der Waals surface area contributed by atoms with Crippen LogP contribution in [0.4, 0.5) is 4.79 Å². The Morgan fingerprint density at radius 2 is 2.12 bits per heavy atom. The Morgan fingerprint density at radius 1 is 1.32 bits per heavy atom. The predicted molar refractivity (Wildman–Crippen MR) is 93.8 cm³/mol. The third-order valence-electron chi connectivity index (χ3n) is 3.77. The lowest BCUT2D eigenvalue weighted by atomic mass is 9.97. The van der Waals surface area contributed by atoms with Gasteiger partial charge in [0.2, 0.25) is 11.8 Å². The Morgan fingerprint density at radius 3 is 2.88 bits per heavy atom. The lowest BCUT2D eigenvalue weighted by Crippen LogP contribution is -2.44. The molecule has 9 heteroatoms. The Labute approximate surface area is 153 Å². The molecule has 0 spiro atoms. The van der Waals surface area contributed by atoms with Crippen LogP contribution in [-0.2, 0) is 17.0 Å². The van der Waals surface area contributed by atoms with Gasteiger partial charge in [0, 0.05) is 30.0 Å². The lowest BCUT2D eigenvalue weighted by molar-refractivity contribution is -0.129. The Balaban J connectivity index is 1.64. The summed E-state index contributed by atoms with van der Waals surface area (Å²) >= 11 is 7.35. The lowest BCUT2D eigenvalue weighted by Gasteiger charge is -2.24. The molecule has 0 N–H and O–H groups in total. The van der Waals surface area contributed by atoms with Crippen molar-refractivity contribution >= 4 is 41.0 Å². The third-order valence-corrected chi connectivity index (χ3v) is 4.89. The quantitative estimate of drug-likeness (QED) is 0.742. The van der Waals surface area contributed by atoms with E-state index in [2.05, 4.69) is 15.2 Å². The van der Waals surface area contributed by atoms with Gasteiger partial charge in [-0.25, -0.2) is 9.79 Å². The van der Waals surface area contributed by atoms with Crippen molar-refractivity contribution in [2.24, 2.45) is 10.9 Å². The second kappa shape index (κ2) is 7.37. The van der Waals surface area contributed by atoms with Gasteiger partial charge < -0.3 is 4.42 Å². The zero-order valence-electron chi connectivity index (χ0n) is 13.6. The van der Waals surface area contributed by atoms with Crippen LogP contribution in [0.3, 0.4) is 0 Å². The maximum atomic E-state index is 12.2. The fraction of sp³-hybridized carbons (Fsp3) is 0.312. The van der Waals surface area contributed by atoms with E-state index in [1.807, 2.05) is 24.3 Å². The number of rotatable bonds is 5. The molecule has 0 aliphatic carbocycles. The van der Waals surface area contributed by atoms with E-state index in [0.29, 0.717) is 27.6 Å². The summed E-state index contributed by atoms with van der Waals surface area (Å²) in [5.41, 5.74) is 1.50. The van der Waals surface area contributed by atoms with Gasteiger partial charge in [0.15, 0.2) is 0 Å². The van der Waals surface area contributed by atoms with Gasteiger partial charge in [-0.3, -0.25) is 9.69 Å². The van der Waals surface area contributed by atoms with E-state index < -0.39 is 11.9 Å². The minimum Gasteiger partial charge on any atom is -0.416 e. The van der Waals surface area contributed by atoms with Gasteiger partial charge in [-0.15, -0.1) is 10.2 Å². The number of imide groups is 1. The molecule has 0 bridgehead atoms. The average Bonchev–Trinajstić information content (AvgIpc) is 3.03. The van der Waals surface area contributed by atoms with E-state index in [-0.39, 0.29) is 12.3 Å². The van der Waals surface area contributed by atoms with E-state index in [0.717, 1.165) is 10.5 Å². The number of nitrogens with zero attached hydrogens (tertiary/aromatic N) is 4. The van der Waals surface area contributed by atoms with E-state index >= 15 is 0 Å². The Bertz CT molecular complexity index is 851. The summed E-state index contributed by atoms with van der Waals surface area (Å²) in [5, 5.41) is 9.05. The number of amides is 3. The molecule has 1 atom stereocenters. The summed E-state index contributed by atoms with van der Waals surface area (Å²) < 4.78 is 5.59. The molecule has 0 saturated carbocycles. The number of urea groups is 1. The summed E-state index contributed by atoms with van der Waals surface area (Å²) in [6, 6.07) is 6.98. The number of aromatic nitrogens is 2. The smallest absolute Gasteiger partial charge is 0.349 e. The van der Waals surface area contributed by atoms with Gasteiger partial charge in [-0.1, -0.05) is 35.5 Å². The molecule has 2 aromatic rings. The molecule has 2 heterocycles. The van der Waals surface area contributed by atoms with E-state index in [4.69, 9.17) is 16.0 Å². The molecule has 0 saturated heterocycles. The number of benzene rings is 1. The second-order valence-corrected chi connectivity index (χ2v) is 6.93. The van der Waals surface area contributed by atoms with Crippen LogP contribution in [0, 0.1) is 5.92 Å². The van der Waals surface area contributed by atoms with Crippen LogP contribution in [-0.4, -0.2) is 39.8 Å². The number of carbonyl (C=O) groups is 2. The molecule has 3 rings (SSSR count). The predicted octanol–water partition coefficient (Wildman–Crippen LogP) is 3.23. The first-order valence-corrected chi connectivity index (χ1v) is 8.86. The van der Waals surface area contributed by atoms with Gasteiger partial charge in [-0.05, 0) is 24.6 Å². The van der Waals surface area contributed by atoms with Crippen molar-refractivity contribution < 1.29 is 14.0 Å². The van der Waals surface area contributed by atoms with Gasteiger partial charge in [0.1, 0.15) is 0 Å². The molecular formula is C16H15ClN4O3S. The van der Waals surface area contributed by atoms with Crippen molar-refractivity contribution in [3.63, 3.8) is 0 Å². The highest BCUT2D eigenvalue weighted by molar-refractivity contribution is 7.98. The van der Waals surface area contributed by atoms with Crippen molar-refractivity contribution in [3.8, 4) is 0 Å². The maximum Gasteiger partial charge on any atom is 0.349 e. The Hall–Kier alpha value is -2.19. The minimum atomic E-state index is -0.561. The molecule has 130 valence electrons. The van der Waals surface area contributed by atoms with Crippen LogP contribution in [0.2, 0.25) is 5.02 Å². The summed E-state index contributed by atoms with van der Waals surface area (Å²) in [7, 11) is 1.41. The van der Waals surface area contributed by atoms with Gasteiger partial charge >= 0.3 is 6.03 Å². The van der Waals surface area contributed by atoms with Crippen LogP contribution >= 0.6 is 23.4 Å². The van der Waals surface area contributed by atoms with Gasteiger partial charge in [0.05, 0.1) is 5.92 Å². The molecule has 25 heavy (non-hydrogen) atoms. The van der Waals surface area contributed by atoms with Crippen LogP contribution < -0.4 is 0 Å². The molecule has 1 unspecified atom stereocenters. The maximum absolute atomic E-state index is 12.2. The number of aliphatic imine (C=N–C) groups is 1. The summed E-state index contributed by atoms with van der Waals surface area (Å²) in [6.07, 6.45) is 0.219. The number of thioether (sulfide) groups is 1. The fourth-order valence-electron chi connectivity index (χ4n) is 2.37. The van der Waals surface area contributed by atoms with E-state index in [1.54, 1.807) is 6.92 Å². The summed E-state index contributed by atoms with van der Waals surface area (Å²) in [5.74, 6) is 0.101. The SMILES string of the molecule is CC1=NC(=O)N(C)C(=O)C1Cc1nnc(SCc2cccc(Cl)c2)o1. The van der Waals surface area contributed by atoms with Crippen LogP contribution in [0.5, 0.6) is 0 Å². The highest BCUT2D eigenvalue weighted by atomic mass is 35.5. The molecule has 1 aromatic heterocycles. The van der Waals surface area contributed by atoms with Crippen molar-refractivity contribution in [2.75, 3.05) is 7.05 Å². The molecule has 0 radical (unpaired) electrons. The summed E-state index contributed by atoms with van der Waals surface area (Å²) in [4.78, 5) is 28.6. The third kappa shape index (κ3) is 4.08. The molecule has 1 aliphatic heterocycles. The van der Waals surface area contributed by atoms with Gasteiger partial charge in [0.25, 0.3) is 5.22 Å². The minimum absolute atomic E-state index is 0.219. The number of halogens is 1. The highest BCUT2D eigenvalue weighted by Gasteiger charge is 2.34. The molecule has 3 amide bonds. The largest absolute Gasteiger partial charge is 0.416 e. The fourth-order valence-corrected chi connectivity index (χ4v) is 3.31. The number of carbonyl (C=O) groups excluding carboxylic acids is 2. The summed E-state index contributed by atoms with van der Waals surface area (Å²) in [6.45, 7) is 1.65. The second-order valence-electron chi connectivity index (χ2n) is 5.57. The first kappa shape index (κ1) is 17.6. The van der Waals surface area contributed by atoms with E-state index in [9.17, 15) is 9.59 Å². The molecule has 7 nitrogen and oxygen atoms in total. The van der Waals surface area contributed by atoms with Crippen molar-refractivity contribution in [1.29, 1.82) is 0 Å². The number of hydrogen-bond donors (Lipinski definition) is 0. The molecule has 0 fully saturated rings. The van der Waals surface area contributed by atoms with Crippen LogP contribution in [0.25, 0.3) is 0 Å². The average molecular weight is 379 g/mol. The standard InChI is InChI=1S/C16H15ClN4O3S/c1-9-12(14(22)21(2)15(23)18-9)7-13-19-20-16(24-13)25-8-10-4-3-5-11(17)6-10/h3-6,12H,7-8H2,1-2H3.